The van der Waals surface area contributed by atoms with Crippen molar-refractivity contribution in [2.24, 2.45) is 0 Å². The summed E-state index contributed by atoms with van der Waals surface area (Å²) in [6.45, 7) is 1.47. The van der Waals surface area contributed by atoms with Gasteiger partial charge in [0.15, 0.2) is 5.65 Å². The van der Waals surface area contributed by atoms with Gasteiger partial charge < -0.3 is 10.3 Å². The van der Waals surface area contributed by atoms with Crippen molar-refractivity contribution in [1.29, 1.82) is 0 Å². The molecule has 0 radical (unpaired) electrons. The number of nitrogens with zero attached hydrogens (tertiary/aromatic N) is 2. The standard InChI is InChI=1S/C14H11ClN4O/c1-8(20)16-10-4-2-9(3-5-10)13-17-11-6-7-12(15)18-14(11)19-13/h2-7H,1H3,(H,16,20)(H,17,18,19). The molecular formula is C14H11ClN4O. The van der Waals surface area contributed by atoms with E-state index >= 15 is 0 Å². The number of amides is 1. The number of rotatable bonds is 2. The van der Waals surface area contributed by atoms with Crippen LogP contribution >= 0.6 is 11.6 Å². The summed E-state index contributed by atoms with van der Waals surface area (Å²) in [5.74, 6) is 0.615. The van der Waals surface area contributed by atoms with Crippen molar-refractivity contribution in [3.8, 4) is 11.4 Å². The predicted molar refractivity (Wildman–Crippen MR) is 78.6 cm³/mol. The van der Waals surface area contributed by atoms with Crippen LogP contribution < -0.4 is 5.32 Å². The van der Waals surface area contributed by atoms with Crippen LogP contribution in [0, 0.1) is 0 Å². The number of nitrogens with one attached hydrogen (secondary N) is 2. The number of carbonyl (C=O) groups is 1. The lowest BCUT2D eigenvalue weighted by Gasteiger charge is -2.02. The number of pyridine rings is 1. The minimum atomic E-state index is -0.0969. The van der Waals surface area contributed by atoms with Crippen LogP contribution in [0.15, 0.2) is 36.4 Å². The maximum Gasteiger partial charge on any atom is 0.221 e. The molecule has 3 aromatic rings. The van der Waals surface area contributed by atoms with E-state index in [1.807, 2.05) is 30.3 Å². The summed E-state index contributed by atoms with van der Waals surface area (Å²) in [4.78, 5) is 22.7. The second-order valence-corrected chi connectivity index (χ2v) is 4.74. The number of hydrogen-bond donors (Lipinski definition) is 2. The average molecular weight is 287 g/mol. The fraction of sp³-hybridized carbons (Fsp3) is 0.0714. The van der Waals surface area contributed by atoms with Crippen molar-refractivity contribution < 1.29 is 4.79 Å². The Kier molecular flexibility index (Phi) is 3.12. The largest absolute Gasteiger partial charge is 0.337 e. The van der Waals surface area contributed by atoms with Gasteiger partial charge in [-0.3, -0.25) is 4.79 Å². The van der Waals surface area contributed by atoms with Gasteiger partial charge in [0.25, 0.3) is 0 Å². The summed E-state index contributed by atoms with van der Waals surface area (Å²) >= 11 is 5.84. The van der Waals surface area contributed by atoms with E-state index < -0.39 is 0 Å². The number of benzene rings is 1. The molecular weight excluding hydrogens is 276 g/mol. The van der Waals surface area contributed by atoms with Crippen LogP contribution in [0.2, 0.25) is 5.15 Å². The van der Waals surface area contributed by atoms with Gasteiger partial charge in [0.05, 0.1) is 5.52 Å². The summed E-state index contributed by atoms with van der Waals surface area (Å²) in [5.41, 5.74) is 3.07. The molecule has 3 rings (SSSR count). The molecule has 0 spiro atoms. The first-order valence-corrected chi connectivity index (χ1v) is 6.40. The molecule has 1 aromatic carbocycles. The lowest BCUT2D eigenvalue weighted by atomic mass is 10.2. The van der Waals surface area contributed by atoms with Crippen LogP contribution in [-0.2, 0) is 4.79 Å². The molecule has 2 heterocycles. The molecule has 2 N–H and O–H groups in total. The second-order valence-electron chi connectivity index (χ2n) is 4.35. The topological polar surface area (TPSA) is 70.7 Å². The Morgan fingerprint density at radius 3 is 2.60 bits per heavy atom. The Bertz CT molecular complexity index is 779. The van der Waals surface area contributed by atoms with Gasteiger partial charge in [-0.1, -0.05) is 11.6 Å². The fourth-order valence-corrected chi connectivity index (χ4v) is 2.06. The molecule has 0 bridgehead atoms. The molecule has 2 aromatic heterocycles. The molecule has 0 aliphatic rings. The van der Waals surface area contributed by atoms with Gasteiger partial charge >= 0.3 is 0 Å². The van der Waals surface area contributed by atoms with Crippen LogP contribution in [0.5, 0.6) is 0 Å². The lowest BCUT2D eigenvalue weighted by molar-refractivity contribution is -0.114. The van der Waals surface area contributed by atoms with Gasteiger partial charge in [-0.2, -0.15) is 0 Å². The van der Waals surface area contributed by atoms with E-state index in [0.29, 0.717) is 16.6 Å². The molecule has 100 valence electrons. The maximum atomic E-state index is 11.0. The van der Waals surface area contributed by atoms with Gasteiger partial charge in [0.2, 0.25) is 5.91 Å². The Morgan fingerprint density at radius 1 is 1.15 bits per heavy atom. The Balaban J connectivity index is 1.96. The lowest BCUT2D eigenvalue weighted by Crippen LogP contribution is -2.05. The van der Waals surface area contributed by atoms with Crippen molar-refractivity contribution in [2.75, 3.05) is 5.32 Å². The van der Waals surface area contributed by atoms with Crippen LogP contribution in [0.4, 0.5) is 5.69 Å². The van der Waals surface area contributed by atoms with Crippen molar-refractivity contribution in [1.82, 2.24) is 15.0 Å². The monoisotopic (exact) mass is 286 g/mol. The van der Waals surface area contributed by atoms with Gasteiger partial charge in [0.1, 0.15) is 11.0 Å². The smallest absolute Gasteiger partial charge is 0.221 e. The first-order chi connectivity index (χ1) is 9.61. The van der Waals surface area contributed by atoms with Crippen LogP contribution in [0.25, 0.3) is 22.6 Å². The maximum absolute atomic E-state index is 11.0. The zero-order valence-electron chi connectivity index (χ0n) is 10.6. The van der Waals surface area contributed by atoms with Gasteiger partial charge in [0, 0.05) is 18.2 Å². The van der Waals surface area contributed by atoms with E-state index in [9.17, 15) is 4.79 Å². The highest BCUT2D eigenvalue weighted by Crippen LogP contribution is 2.22. The van der Waals surface area contributed by atoms with E-state index in [1.165, 1.54) is 6.92 Å². The third-order valence-electron chi connectivity index (χ3n) is 2.79. The Labute approximate surface area is 120 Å². The zero-order valence-corrected chi connectivity index (χ0v) is 11.4. The van der Waals surface area contributed by atoms with Crippen LogP contribution in [0.1, 0.15) is 6.92 Å². The molecule has 0 aliphatic carbocycles. The Morgan fingerprint density at radius 2 is 1.90 bits per heavy atom. The number of halogens is 1. The van der Waals surface area contributed by atoms with Crippen molar-refractivity contribution in [3.63, 3.8) is 0 Å². The van der Waals surface area contributed by atoms with E-state index in [-0.39, 0.29) is 5.91 Å². The SMILES string of the molecule is CC(=O)Nc1ccc(-c2nc3nc(Cl)ccc3[nH]2)cc1. The molecule has 6 heteroatoms. The highest BCUT2D eigenvalue weighted by molar-refractivity contribution is 6.29. The minimum absolute atomic E-state index is 0.0969. The summed E-state index contributed by atoms with van der Waals surface area (Å²) < 4.78 is 0. The van der Waals surface area contributed by atoms with Crippen LogP contribution in [0.3, 0.4) is 0 Å². The van der Waals surface area contributed by atoms with Gasteiger partial charge in [-0.15, -0.1) is 0 Å². The number of imidazole rings is 1. The highest BCUT2D eigenvalue weighted by Gasteiger charge is 2.07. The summed E-state index contributed by atoms with van der Waals surface area (Å²) in [6.07, 6.45) is 0. The van der Waals surface area contributed by atoms with Gasteiger partial charge in [-0.05, 0) is 36.4 Å². The number of H-pyrrole nitrogens is 1. The molecule has 0 aliphatic heterocycles. The minimum Gasteiger partial charge on any atom is -0.337 e. The highest BCUT2D eigenvalue weighted by atomic mass is 35.5. The number of aromatic nitrogens is 3. The normalized spacial score (nSPS) is 10.7. The third kappa shape index (κ3) is 2.48. The molecule has 0 fully saturated rings. The van der Waals surface area contributed by atoms with E-state index in [2.05, 4.69) is 20.3 Å². The second kappa shape index (κ2) is 4.94. The van der Waals surface area contributed by atoms with Crippen LogP contribution in [-0.4, -0.2) is 20.9 Å². The van der Waals surface area contributed by atoms with E-state index in [1.54, 1.807) is 6.07 Å². The van der Waals surface area contributed by atoms with Crippen molar-refractivity contribution >= 4 is 34.4 Å². The fourth-order valence-electron chi connectivity index (χ4n) is 1.92. The molecule has 5 nitrogen and oxygen atoms in total. The quantitative estimate of drug-likeness (QED) is 0.711. The van der Waals surface area contributed by atoms with Crippen molar-refractivity contribution in [3.05, 3.63) is 41.6 Å². The molecule has 0 atom stereocenters. The molecule has 0 saturated carbocycles. The zero-order chi connectivity index (χ0) is 14.1. The van der Waals surface area contributed by atoms with Crippen molar-refractivity contribution in [2.45, 2.75) is 6.92 Å². The first kappa shape index (κ1) is 12.6. The average Bonchev–Trinajstić information content (AvgIpc) is 2.81. The van der Waals surface area contributed by atoms with E-state index in [4.69, 9.17) is 11.6 Å². The summed E-state index contributed by atoms with van der Waals surface area (Å²) in [5, 5.41) is 3.13. The molecule has 20 heavy (non-hydrogen) atoms. The number of anilines is 1. The van der Waals surface area contributed by atoms with E-state index in [0.717, 1.165) is 16.8 Å². The third-order valence-corrected chi connectivity index (χ3v) is 3.00. The number of aromatic amines is 1. The molecule has 0 saturated heterocycles. The summed E-state index contributed by atoms with van der Waals surface area (Å²) in [6, 6.07) is 11.0. The Hall–Kier alpha value is -2.40. The predicted octanol–water partition coefficient (Wildman–Crippen LogP) is 3.24. The first-order valence-electron chi connectivity index (χ1n) is 6.02. The van der Waals surface area contributed by atoms with Gasteiger partial charge in [-0.25, -0.2) is 9.97 Å². The summed E-state index contributed by atoms with van der Waals surface area (Å²) in [7, 11) is 0. The number of hydrogen-bond acceptors (Lipinski definition) is 3. The number of carbonyl (C=O) groups excluding carboxylic acids is 1. The molecule has 1 amide bonds. The molecule has 0 unspecified atom stereocenters. The number of fused-ring (bicyclic) bond motifs is 1.